The number of piperidine rings is 1. The summed E-state index contributed by atoms with van der Waals surface area (Å²) in [6.07, 6.45) is -0.398. The molecule has 1 unspecified atom stereocenters. The number of carbonyl (C=O) groups is 1. The summed E-state index contributed by atoms with van der Waals surface area (Å²) in [6, 6.07) is 24.6. The number of nitro groups is 1. The summed E-state index contributed by atoms with van der Waals surface area (Å²) in [4.78, 5) is 29.2. The third kappa shape index (κ3) is 11.1. The SMILES string of the molecule is CN(C)CCC(CSc1ccccc1)Nc1ccc(S(=O)(=O)NC(=O)c2ccc(N3CCC(=Cc4ccc(C(F)(F)F)cc4)CC3)cc2)cc1[N+](=O)[O-]. The topological polar surface area (TPSA) is 125 Å². The molecule has 5 rings (SSSR count). The monoisotopic (exact) mass is 767 g/mol. The fraction of sp³-hybridized carbons (Fsp3) is 0.289. The molecular formula is C38H40F3N5O5S2. The van der Waals surface area contributed by atoms with Gasteiger partial charge in [-0.05, 0) is 106 Å². The van der Waals surface area contributed by atoms with E-state index in [4.69, 9.17) is 0 Å². The van der Waals surface area contributed by atoms with Crippen LogP contribution in [0, 0.1) is 10.1 Å². The highest BCUT2D eigenvalue weighted by Crippen LogP contribution is 2.32. The Morgan fingerprint density at radius 3 is 2.25 bits per heavy atom. The van der Waals surface area contributed by atoms with Gasteiger partial charge < -0.3 is 15.1 Å². The molecule has 1 aliphatic heterocycles. The lowest BCUT2D eigenvalue weighted by molar-refractivity contribution is -0.384. The molecular weight excluding hydrogens is 728 g/mol. The van der Waals surface area contributed by atoms with Crippen molar-refractivity contribution >= 4 is 50.8 Å². The molecule has 15 heteroatoms. The van der Waals surface area contributed by atoms with Crippen molar-refractivity contribution in [2.75, 3.05) is 49.7 Å². The van der Waals surface area contributed by atoms with Crippen LogP contribution in [0.15, 0.2) is 112 Å². The van der Waals surface area contributed by atoms with Gasteiger partial charge in [-0.15, -0.1) is 11.8 Å². The normalized spacial score (nSPS) is 14.2. The van der Waals surface area contributed by atoms with Gasteiger partial charge in [-0.2, -0.15) is 13.2 Å². The van der Waals surface area contributed by atoms with Crippen molar-refractivity contribution in [3.8, 4) is 0 Å². The summed E-state index contributed by atoms with van der Waals surface area (Å²) in [5.74, 6) is -0.269. The van der Waals surface area contributed by atoms with Gasteiger partial charge in [-0.3, -0.25) is 14.9 Å². The molecule has 0 aromatic heterocycles. The van der Waals surface area contributed by atoms with Crippen molar-refractivity contribution in [3.05, 3.63) is 129 Å². The van der Waals surface area contributed by atoms with Crippen molar-refractivity contribution < 1.29 is 31.3 Å². The Hall–Kier alpha value is -4.86. The van der Waals surface area contributed by atoms with Crippen molar-refractivity contribution in [2.24, 2.45) is 0 Å². The number of sulfonamides is 1. The maximum Gasteiger partial charge on any atom is 0.416 e. The van der Waals surface area contributed by atoms with Gasteiger partial charge in [0.2, 0.25) is 0 Å². The number of halogens is 3. The predicted octanol–water partition coefficient (Wildman–Crippen LogP) is 7.94. The zero-order valence-electron chi connectivity index (χ0n) is 29.2. The van der Waals surface area contributed by atoms with Gasteiger partial charge in [0, 0.05) is 47.1 Å². The second-order valence-electron chi connectivity index (χ2n) is 12.9. The van der Waals surface area contributed by atoms with Crippen LogP contribution in [0.25, 0.3) is 6.08 Å². The van der Waals surface area contributed by atoms with Crippen molar-refractivity contribution in [2.45, 2.75) is 41.3 Å². The zero-order valence-corrected chi connectivity index (χ0v) is 30.8. The summed E-state index contributed by atoms with van der Waals surface area (Å²) in [7, 11) is -0.588. The Morgan fingerprint density at radius 2 is 1.64 bits per heavy atom. The van der Waals surface area contributed by atoms with E-state index in [2.05, 4.69) is 10.2 Å². The van der Waals surface area contributed by atoms with Crippen LogP contribution in [0.1, 0.15) is 40.7 Å². The maximum atomic E-state index is 13.3. The molecule has 0 bridgehead atoms. The van der Waals surface area contributed by atoms with Crippen LogP contribution < -0.4 is 14.9 Å². The van der Waals surface area contributed by atoms with Crippen LogP contribution in [-0.4, -0.2) is 69.7 Å². The minimum Gasteiger partial charge on any atom is -0.376 e. The number of thioether (sulfide) groups is 1. The first-order valence-corrected chi connectivity index (χ1v) is 19.3. The van der Waals surface area contributed by atoms with Gasteiger partial charge in [-0.25, -0.2) is 13.1 Å². The number of rotatable bonds is 14. The Kier molecular flexibility index (Phi) is 12.9. The summed E-state index contributed by atoms with van der Waals surface area (Å²) < 4.78 is 67.1. The number of carbonyl (C=O) groups excluding carboxylic acids is 1. The van der Waals surface area contributed by atoms with Gasteiger partial charge in [0.05, 0.1) is 15.4 Å². The molecule has 0 radical (unpaired) electrons. The van der Waals surface area contributed by atoms with Gasteiger partial charge in [-0.1, -0.05) is 42.0 Å². The number of anilines is 2. The molecule has 1 fully saturated rings. The van der Waals surface area contributed by atoms with Crippen LogP contribution in [0.2, 0.25) is 0 Å². The van der Waals surface area contributed by atoms with Crippen molar-refractivity contribution in [1.82, 2.24) is 9.62 Å². The number of amides is 1. The Balaban J connectivity index is 1.20. The molecule has 0 spiro atoms. The average Bonchev–Trinajstić information content (AvgIpc) is 3.13. The maximum absolute atomic E-state index is 13.3. The van der Waals surface area contributed by atoms with E-state index >= 15 is 0 Å². The van der Waals surface area contributed by atoms with E-state index in [0.717, 1.165) is 40.9 Å². The predicted molar refractivity (Wildman–Crippen MR) is 203 cm³/mol. The smallest absolute Gasteiger partial charge is 0.376 e. The van der Waals surface area contributed by atoms with Crippen LogP contribution in [0.3, 0.4) is 0 Å². The molecule has 1 saturated heterocycles. The Labute approximate surface area is 311 Å². The lowest BCUT2D eigenvalue weighted by atomic mass is 9.99. The first-order chi connectivity index (χ1) is 25.2. The third-order valence-corrected chi connectivity index (χ3v) is 11.2. The molecule has 0 saturated carbocycles. The summed E-state index contributed by atoms with van der Waals surface area (Å²) in [5.41, 5.74) is 1.78. The standard InChI is InChI=1S/C38H40F3N5O5S2/c1-44(2)21-20-31(26-52-33-6-4-3-5-7-33)42-35-17-16-34(25-36(35)46(48)49)53(50,51)43-37(47)29-10-14-32(15-11-29)45-22-18-28(19-23-45)24-27-8-12-30(13-9-27)38(39,40)41/h3-17,24-25,31,42H,18-23,26H2,1-2H3,(H,43,47). The van der Waals surface area contributed by atoms with E-state index in [9.17, 15) is 36.5 Å². The fourth-order valence-electron chi connectivity index (χ4n) is 5.76. The second-order valence-corrected chi connectivity index (χ2v) is 15.7. The van der Waals surface area contributed by atoms with E-state index in [0.29, 0.717) is 43.7 Å². The largest absolute Gasteiger partial charge is 0.416 e. The number of benzene rings is 4. The third-order valence-electron chi connectivity index (χ3n) is 8.69. The van der Waals surface area contributed by atoms with Crippen molar-refractivity contribution in [3.63, 3.8) is 0 Å². The molecule has 1 amide bonds. The lowest BCUT2D eigenvalue weighted by Crippen LogP contribution is -2.31. The second kappa shape index (κ2) is 17.3. The van der Waals surface area contributed by atoms with Gasteiger partial charge in [0.1, 0.15) is 5.69 Å². The molecule has 1 aliphatic rings. The molecule has 53 heavy (non-hydrogen) atoms. The van der Waals surface area contributed by atoms with Gasteiger partial charge in [0.25, 0.3) is 21.6 Å². The molecule has 4 aromatic carbocycles. The van der Waals surface area contributed by atoms with E-state index < -0.39 is 43.2 Å². The Bertz CT molecular complexity index is 2020. The molecule has 0 aliphatic carbocycles. The lowest BCUT2D eigenvalue weighted by Gasteiger charge is -2.30. The van der Waals surface area contributed by atoms with Crippen LogP contribution in [0.4, 0.5) is 30.2 Å². The molecule has 10 nitrogen and oxygen atoms in total. The molecule has 4 aromatic rings. The van der Waals surface area contributed by atoms with E-state index in [1.54, 1.807) is 23.9 Å². The van der Waals surface area contributed by atoms with Crippen LogP contribution in [-0.2, 0) is 16.2 Å². The molecule has 1 heterocycles. The number of hydrogen-bond donors (Lipinski definition) is 2. The number of nitrogens with zero attached hydrogens (tertiary/aromatic N) is 3. The highest BCUT2D eigenvalue weighted by molar-refractivity contribution is 7.99. The summed E-state index contributed by atoms with van der Waals surface area (Å²) >= 11 is 1.61. The summed E-state index contributed by atoms with van der Waals surface area (Å²) in [5, 5.41) is 15.3. The molecule has 280 valence electrons. The first-order valence-electron chi connectivity index (χ1n) is 16.8. The van der Waals surface area contributed by atoms with Crippen LogP contribution >= 0.6 is 11.8 Å². The highest BCUT2D eigenvalue weighted by atomic mass is 32.2. The minimum atomic E-state index is -4.46. The Morgan fingerprint density at radius 1 is 0.981 bits per heavy atom. The van der Waals surface area contributed by atoms with Gasteiger partial charge >= 0.3 is 6.18 Å². The number of hydrogen-bond acceptors (Lipinski definition) is 9. The first kappa shape index (κ1) is 39.3. The highest BCUT2D eigenvalue weighted by Gasteiger charge is 2.30. The van der Waals surface area contributed by atoms with Crippen molar-refractivity contribution in [1.29, 1.82) is 0 Å². The van der Waals surface area contributed by atoms with E-state index in [1.807, 2.05) is 60.1 Å². The van der Waals surface area contributed by atoms with E-state index in [-0.39, 0.29) is 17.3 Å². The molecule has 2 N–H and O–H groups in total. The van der Waals surface area contributed by atoms with Crippen LogP contribution in [0.5, 0.6) is 0 Å². The van der Waals surface area contributed by atoms with E-state index in [1.165, 1.54) is 36.4 Å². The minimum absolute atomic E-state index is 0.0876. The fourth-order valence-corrected chi connectivity index (χ4v) is 7.75. The summed E-state index contributed by atoms with van der Waals surface area (Å²) in [6.45, 7) is 2.03. The van der Waals surface area contributed by atoms with Gasteiger partial charge in [0.15, 0.2) is 0 Å². The average molecular weight is 768 g/mol. The number of alkyl halides is 3. The molecule has 1 atom stereocenters. The number of nitrogens with one attached hydrogen (secondary N) is 2. The zero-order chi connectivity index (χ0) is 38.2. The number of nitro benzene ring substituents is 1. The quantitative estimate of drug-likeness (QED) is 0.0748.